The Morgan fingerprint density at radius 2 is 2.30 bits per heavy atom. The van der Waals surface area contributed by atoms with Gasteiger partial charge in [0.2, 0.25) is 0 Å². The lowest BCUT2D eigenvalue weighted by Gasteiger charge is -2.15. The van der Waals surface area contributed by atoms with Gasteiger partial charge in [-0.1, -0.05) is 0 Å². The second kappa shape index (κ2) is 2.80. The first-order valence-corrected chi connectivity index (χ1v) is 3.34. The summed E-state index contributed by atoms with van der Waals surface area (Å²) in [6, 6.07) is 0. The summed E-state index contributed by atoms with van der Waals surface area (Å²) in [6.07, 6.45) is -2.60. The Labute approximate surface area is 58.6 Å². The summed E-state index contributed by atoms with van der Waals surface area (Å²) in [5, 5.41) is 2.94. The molecule has 0 amide bonds. The molecule has 1 atom stereocenters. The van der Waals surface area contributed by atoms with Crippen LogP contribution in [0.25, 0.3) is 0 Å². The molecule has 10 heavy (non-hydrogen) atoms. The van der Waals surface area contributed by atoms with Gasteiger partial charge in [-0.25, -0.2) is 0 Å². The van der Waals surface area contributed by atoms with E-state index in [1.54, 1.807) is 0 Å². The van der Waals surface area contributed by atoms with Crippen LogP contribution in [-0.2, 0) is 4.74 Å². The van der Waals surface area contributed by atoms with Crippen molar-refractivity contribution in [2.45, 2.75) is 25.6 Å². The number of hydrogen-bond donors (Lipinski definition) is 1. The Hall–Kier alpha value is -0.220. The van der Waals surface area contributed by atoms with Gasteiger partial charge < -0.3 is 10.1 Å². The van der Waals surface area contributed by atoms with Gasteiger partial charge in [-0.2, -0.15) is 8.78 Å². The lowest BCUT2D eigenvalue weighted by molar-refractivity contribution is -0.245. The molecule has 1 aliphatic rings. The maximum Gasteiger partial charge on any atom is 0.353 e. The summed E-state index contributed by atoms with van der Waals surface area (Å²) in [5.74, 6) is 0. The molecule has 60 valence electrons. The summed E-state index contributed by atoms with van der Waals surface area (Å²) < 4.78 is 28.7. The van der Waals surface area contributed by atoms with Crippen molar-refractivity contribution in [2.75, 3.05) is 13.1 Å². The molecule has 0 aromatic carbocycles. The number of nitrogens with one attached hydrogen (secondary N) is 1. The van der Waals surface area contributed by atoms with Crippen molar-refractivity contribution in [1.29, 1.82) is 0 Å². The van der Waals surface area contributed by atoms with Crippen LogP contribution in [0.2, 0.25) is 0 Å². The highest BCUT2D eigenvalue weighted by Crippen LogP contribution is 2.18. The third-order valence-electron chi connectivity index (χ3n) is 1.39. The van der Waals surface area contributed by atoms with Gasteiger partial charge in [-0.05, 0) is 13.0 Å². The van der Waals surface area contributed by atoms with Crippen LogP contribution in [-0.4, -0.2) is 25.3 Å². The number of halogens is 2. The van der Waals surface area contributed by atoms with Crippen LogP contribution in [0.4, 0.5) is 8.78 Å². The van der Waals surface area contributed by atoms with E-state index in [1.165, 1.54) is 0 Å². The second-order valence-electron chi connectivity index (χ2n) is 2.54. The number of hydrogen-bond acceptors (Lipinski definition) is 2. The van der Waals surface area contributed by atoms with Crippen molar-refractivity contribution in [3.8, 4) is 0 Å². The Balaban J connectivity index is 2.24. The Morgan fingerprint density at radius 1 is 1.60 bits per heavy atom. The van der Waals surface area contributed by atoms with Crippen LogP contribution in [0.1, 0.15) is 13.3 Å². The summed E-state index contributed by atoms with van der Waals surface area (Å²) in [7, 11) is 0. The van der Waals surface area contributed by atoms with E-state index in [-0.39, 0.29) is 6.10 Å². The SMILES string of the molecule is CC(F)(F)OC1CCNC1. The predicted octanol–water partition coefficient (Wildman–Crippen LogP) is 0.978. The van der Waals surface area contributed by atoms with E-state index >= 15 is 0 Å². The summed E-state index contributed by atoms with van der Waals surface area (Å²) in [4.78, 5) is 0. The van der Waals surface area contributed by atoms with Crippen molar-refractivity contribution in [3.05, 3.63) is 0 Å². The van der Waals surface area contributed by atoms with E-state index in [0.717, 1.165) is 13.5 Å². The minimum atomic E-state index is -2.98. The van der Waals surface area contributed by atoms with Crippen molar-refractivity contribution in [2.24, 2.45) is 0 Å². The highest BCUT2D eigenvalue weighted by Gasteiger charge is 2.28. The molecule has 1 unspecified atom stereocenters. The van der Waals surface area contributed by atoms with Crippen LogP contribution in [0.15, 0.2) is 0 Å². The van der Waals surface area contributed by atoms with Crippen LogP contribution < -0.4 is 5.32 Å². The Morgan fingerprint density at radius 3 is 2.70 bits per heavy atom. The highest BCUT2D eigenvalue weighted by molar-refractivity contribution is 4.71. The largest absolute Gasteiger partial charge is 0.353 e. The molecule has 0 radical (unpaired) electrons. The minimum Gasteiger partial charge on any atom is -0.316 e. The van der Waals surface area contributed by atoms with E-state index < -0.39 is 6.11 Å². The molecule has 2 nitrogen and oxygen atoms in total. The molecular formula is C6H11F2NO. The summed E-state index contributed by atoms with van der Waals surface area (Å²) in [6.45, 7) is 2.09. The first-order valence-electron chi connectivity index (χ1n) is 3.34. The number of alkyl halides is 2. The van der Waals surface area contributed by atoms with E-state index in [2.05, 4.69) is 10.1 Å². The molecule has 0 spiro atoms. The molecule has 1 saturated heterocycles. The molecular weight excluding hydrogens is 140 g/mol. The standard InChI is InChI=1S/C6H11F2NO/c1-6(7,8)10-5-2-3-9-4-5/h5,9H,2-4H2,1H3. The molecule has 0 saturated carbocycles. The molecule has 0 aliphatic carbocycles. The van der Waals surface area contributed by atoms with Gasteiger partial charge >= 0.3 is 6.11 Å². The van der Waals surface area contributed by atoms with Gasteiger partial charge in [0.25, 0.3) is 0 Å². The quantitative estimate of drug-likeness (QED) is 0.635. The maximum atomic E-state index is 12.1. The van der Waals surface area contributed by atoms with Crippen molar-refractivity contribution in [3.63, 3.8) is 0 Å². The monoisotopic (exact) mass is 151 g/mol. The average Bonchev–Trinajstić information content (AvgIpc) is 2.12. The fraction of sp³-hybridized carbons (Fsp3) is 1.00. The third kappa shape index (κ3) is 2.58. The van der Waals surface area contributed by atoms with Gasteiger partial charge in [-0.3, -0.25) is 0 Å². The molecule has 1 N–H and O–H groups in total. The Kier molecular flexibility index (Phi) is 2.21. The molecule has 4 heteroatoms. The summed E-state index contributed by atoms with van der Waals surface area (Å²) in [5.41, 5.74) is 0. The molecule has 1 fully saturated rings. The third-order valence-corrected chi connectivity index (χ3v) is 1.39. The lowest BCUT2D eigenvalue weighted by Crippen LogP contribution is -2.26. The van der Waals surface area contributed by atoms with Crippen molar-refractivity contribution in [1.82, 2.24) is 5.32 Å². The fourth-order valence-electron chi connectivity index (χ4n) is 1.02. The van der Waals surface area contributed by atoms with Gasteiger partial charge in [0.05, 0.1) is 6.10 Å². The maximum absolute atomic E-state index is 12.1. The van der Waals surface area contributed by atoms with Crippen LogP contribution in [0.5, 0.6) is 0 Å². The van der Waals surface area contributed by atoms with Gasteiger partial charge in [-0.15, -0.1) is 0 Å². The molecule has 0 aromatic rings. The first-order chi connectivity index (χ1) is 4.58. The first kappa shape index (κ1) is 7.88. The van der Waals surface area contributed by atoms with E-state index in [0.29, 0.717) is 13.0 Å². The van der Waals surface area contributed by atoms with E-state index in [1.807, 2.05) is 0 Å². The number of rotatable bonds is 2. The number of ether oxygens (including phenoxy) is 1. The topological polar surface area (TPSA) is 21.3 Å². The lowest BCUT2D eigenvalue weighted by atomic mass is 10.3. The fourth-order valence-corrected chi connectivity index (χ4v) is 1.02. The Bertz CT molecular complexity index is 107. The highest BCUT2D eigenvalue weighted by atomic mass is 19.3. The normalized spacial score (nSPS) is 27.3. The van der Waals surface area contributed by atoms with Crippen molar-refractivity contribution >= 4 is 0 Å². The average molecular weight is 151 g/mol. The molecule has 1 heterocycles. The molecule has 1 rings (SSSR count). The van der Waals surface area contributed by atoms with Gasteiger partial charge in [0, 0.05) is 13.5 Å². The van der Waals surface area contributed by atoms with Crippen LogP contribution in [0.3, 0.4) is 0 Å². The zero-order valence-electron chi connectivity index (χ0n) is 5.86. The second-order valence-corrected chi connectivity index (χ2v) is 2.54. The summed E-state index contributed by atoms with van der Waals surface area (Å²) >= 11 is 0. The molecule has 0 aromatic heterocycles. The zero-order valence-corrected chi connectivity index (χ0v) is 5.86. The van der Waals surface area contributed by atoms with E-state index in [4.69, 9.17) is 0 Å². The smallest absolute Gasteiger partial charge is 0.316 e. The molecule has 0 bridgehead atoms. The van der Waals surface area contributed by atoms with Gasteiger partial charge in [0.15, 0.2) is 0 Å². The molecule has 1 aliphatic heterocycles. The van der Waals surface area contributed by atoms with Crippen LogP contribution >= 0.6 is 0 Å². The predicted molar refractivity (Wildman–Crippen MR) is 33.0 cm³/mol. The van der Waals surface area contributed by atoms with Crippen LogP contribution in [0, 0.1) is 0 Å². The minimum absolute atomic E-state index is 0.306. The zero-order chi connectivity index (χ0) is 7.61. The van der Waals surface area contributed by atoms with Gasteiger partial charge in [0.1, 0.15) is 0 Å². The van der Waals surface area contributed by atoms with E-state index in [9.17, 15) is 8.78 Å². The van der Waals surface area contributed by atoms with Crippen molar-refractivity contribution < 1.29 is 13.5 Å².